The number of nitrogens with one attached hydrogen (secondary N) is 2. The number of alkyl carbamates (subject to hydrolysis) is 1. The van der Waals surface area contributed by atoms with Gasteiger partial charge in [0.1, 0.15) is 5.60 Å². The Morgan fingerprint density at radius 3 is 2.79 bits per heavy atom. The second-order valence-corrected chi connectivity index (χ2v) is 5.97. The van der Waals surface area contributed by atoms with Crippen LogP contribution in [0.15, 0.2) is 9.65 Å². The van der Waals surface area contributed by atoms with Crippen LogP contribution < -0.4 is 5.32 Å². The van der Waals surface area contributed by atoms with E-state index in [9.17, 15) is 4.79 Å². The molecule has 19 heavy (non-hydrogen) atoms. The van der Waals surface area contributed by atoms with Gasteiger partial charge in [0.15, 0.2) is 15.9 Å². The highest BCUT2D eigenvalue weighted by atomic mass is 35.5. The summed E-state index contributed by atoms with van der Waals surface area (Å²) in [4.78, 5) is 11.4. The summed E-state index contributed by atoms with van der Waals surface area (Å²) >= 11 is 6.78. The van der Waals surface area contributed by atoms with Crippen molar-refractivity contribution in [2.24, 2.45) is 0 Å². The van der Waals surface area contributed by atoms with Gasteiger partial charge in [-0.15, -0.1) is 0 Å². The van der Waals surface area contributed by atoms with Crippen molar-refractivity contribution in [2.75, 3.05) is 12.3 Å². The number of rotatable bonds is 5. The topological polar surface area (TPSA) is 101 Å². The van der Waals surface area contributed by atoms with Crippen LogP contribution in [0.2, 0.25) is 0 Å². The van der Waals surface area contributed by atoms with Gasteiger partial charge in [0.05, 0.1) is 0 Å². The van der Waals surface area contributed by atoms with E-state index < -0.39 is 11.7 Å². The number of nitrogens with zero attached hydrogens (tertiary/aromatic N) is 2. The van der Waals surface area contributed by atoms with Gasteiger partial charge in [0.25, 0.3) is 0 Å². The molecular weight excluding hydrogens is 292 g/mol. The van der Waals surface area contributed by atoms with Crippen LogP contribution in [0.25, 0.3) is 0 Å². The summed E-state index contributed by atoms with van der Waals surface area (Å²) in [6, 6.07) is 0. The maximum absolute atomic E-state index is 11.4. The summed E-state index contributed by atoms with van der Waals surface area (Å²) in [5, 5.41) is 17.2. The van der Waals surface area contributed by atoms with E-state index >= 15 is 0 Å². The Bertz CT molecular complexity index is 458. The Labute approximate surface area is 119 Å². The second-order valence-electron chi connectivity index (χ2n) is 4.51. The van der Waals surface area contributed by atoms with Crippen LogP contribution in [0.4, 0.5) is 4.79 Å². The first-order valence-electron chi connectivity index (χ1n) is 5.46. The Morgan fingerprint density at radius 2 is 2.21 bits per heavy atom. The summed E-state index contributed by atoms with van der Waals surface area (Å²) in [6.07, 6.45) is -0.475. The lowest BCUT2D eigenvalue weighted by Gasteiger charge is -2.19. The van der Waals surface area contributed by atoms with Gasteiger partial charge >= 0.3 is 6.09 Å². The van der Waals surface area contributed by atoms with E-state index in [1.54, 1.807) is 20.8 Å². The highest BCUT2D eigenvalue weighted by Gasteiger charge is 2.16. The van der Waals surface area contributed by atoms with Crippen LogP contribution in [0, 0.1) is 5.41 Å². The number of thioether (sulfide) groups is 1. The van der Waals surface area contributed by atoms with Crippen LogP contribution in [0.1, 0.15) is 26.5 Å². The highest BCUT2D eigenvalue weighted by molar-refractivity contribution is 7.99. The third-order valence-corrected chi connectivity index (χ3v) is 2.80. The minimum atomic E-state index is -0.520. The van der Waals surface area contributed by atoms with E-state index in [1.807, 2.05) is 0 Å². The largest absolute Gasteiger partial charge is 0.444 e. The van der Waals surface area contributed by atoms with Crippen molar-refractivity contribution >= 4 is 34.6 Å². The van der Waals surface area contributed by atoms with E-state index in [0.29, 0.717) is 17.3 Å². The van der Waals surface area contributed by atoms with E-state index in [-0.39, 0.29) is 10.9 Å². The Hall–Kier alpha value is -1.28. The van der Waals surface area contributed by atoms with Crippen molar-refractivity contribution in [3.05, 3.63) is 5.69 Å². The maximum atomic E-state index is 11.4. The molecule has 0 radical (unpaired) electrons. The van der Waals surface area contributed by atoms with Crippen molar-refractivity contribution in [3.63, 3.8) is 0 Å². The zero-order chi connectivity index (χ0) is 14.5. The van der Waals surface area contributed by atoms with Crippen molar-refractivity contribution in [1.29, 1.82) is 5.41 Å². The molecule has 0 fully saturated rings. The van der Waals surface area contributed by atoms with Crippen LogP contribution in [0.5, 0.6) is 0 Å². The minimum absolute atomic E-state index is 0.198. The average Bonchev–Trinajstić information content (AvgIpc) is 2.70. The first kappa shape index (κ1) is 15.8. The fourth-order valence-corrected chi connectivity index (χ4v) is 1.96. The van der Waals surface area contributed by atoms with Crippen LogP contribution >= 0.6 is 23.4 Å². The fraction of sp³-hybridized carbons (Fsp3) is 0.600. The number of carbonyl (C=O) groups excluding carboxylic acids is 1. The lowest BCUT2D eigenvalue weighted by atomic mass is 10.2. The first-order valence-corrected chi connectivity index (χ1v) is 6.82. The molecule has 0 bridgehead atoms. The molecule has 0 aliphatic carbocycles. The third-order valence-electron chi connectivity index (χ3n) is 1.68. The molecule has 1 aromatic heterocycles. The summed E-state index contributed by atoms with van der Waals surface area (Å²) in [5.74, 6) is 0.532. The lowest BCUT2D eigenvalue weighted by molar-refractivity contribution is 0.0531. The van der Waals surface area contributed by atoms with Crippen LogP contribution in [0.3, 0.4) is 0 Å². The summed E-state index contributed by atoms with van der Waals surface area (Å²) < 4.78 is 9.57. The molecule has 0 aliphatic rings. The molecule has 106 valence electrons. The van der Waals surface area contributed by atoms with E-state index in [0.717, 1.165) is 0 Å². The summed E-state index contributed by atoms with van der Waals surface area (Å²) in [6.45, 7) is 5.77. The molecule has 0 spiro atoms. The van der Waals surface area contributed by atoms with Gasteiger partial charge in [-0.1, -0.05) is 23.4 Å². The Kier molecular flexibility index (Phi) is 5.61. The van der Waals surface area contributed by atoms with Gasteiger partial charge < -0.3 is 10.1 Å². The van der Waals surface area contributed by atoms with E-state index in [4.69, 9.17) is 21.7 Å². The first-order chi connectivity index (χ1) is 8.79. The average molecular weight is 307 g/mol. The van der Waals surface area contributed by atoms with E-state index in [1.165, 1.54) is 11.8 Å². The predicted octanol–water partition coefficient (Wildman–Crippen LogP) is 2.25. The van der Waals surface area contributed by atoms with Crippen molar-refractivity contribution in [1.82, 2.24) is 15.6 Å². The highest BCUT2D eigenvalue weighted by Crippen LogP contribution is 2.19. The van der Waals surface area contributed by atoms with E-state index in [2.05, 4.69) is 20.3 Å². The lowest BCUT2D eigenvalue weighted by Crippen LogP contribution is -2.33. The fourth-order valence-electron chi connectivity index (χ4n) is 1.02. The normalized spacial score (nSPS) is 11.2. The Balaban J connectivity index is 2.30. The molecule has 1 aromatic rings. The Morgan fingerprint density at radius 1 is 1.53 bits per heavy atom. The SMILES string of the molecule is CC(C)(C)OC(=O)NCCSc1nonc1C(=N)Cl. The van der Waals surface area contributed by atoms with Crippen molar-refractivity contribution < 1.29 is 14.2 Å². The summed E-state index contributed by atoms with van der Waals surface area (Å²) in [7, 11) is 0. The standard InChI is InChI=1S/C10H15ClN4O3S/c1-10(2,3)17-9(16)13-4-5-19-8-6(7(11)12)14-18-15-8/h12H,4-5H2,1-3H3,(H,13,16). The number of hydrogen-bond acceptors (Lipinski definition) is 7. The number of ether oxygens (including phenoxy) is 1. The van der Waals surface area contributed by atoms with Crippen LogP contribution in [-0.4, -0.2) is 39.5 Å². The monoisotopic (exact) mass is 306 g/mol. The van der Waals surface area contributed by atoms with Crippen molar-refractivity contribution in [2.45, 2.75) is 31.4 Å². The molecule has 9 heteroatoms. The smallest absolute Gasteiger partial charge is 0.407 e. The molecule has 1 rings (SSSR count). The number of amides is 1. The molecule has 1 amide bonds. The van der Waals surface area contributed by atoms with Gasteiger partial charge in [-0.2, -0.15) is 0 Å². The van der Waals surface area contributed by atoms with Gasteiger partial charge in [-0.05, 0) is 31.1 Å². The molecule has 0 saturated heterocycles. The van der Waals surface area contributed by atoms with Gasteiger partial charge in [-0.25, -0.2) is 9.42 Å². The quantitative estimate of drug-likeness (QED) is 0.491. The number of aromatic nitrogens is 2. The zero-order valence-corrected chi connectivity index (χ0v) is 12.4. The van der Waals surface area contributed by atoms with Crippen LogP contribution in [-0.2, 0) is 4.74 Å². The molecule has 0 aromatic carbocycles. The maximum Gasteiger partial charge on any atom is 0.407 e. The molecule has 0 saturated carbocycles. The van der Waals surface area contributed by atoms with Gasteiger partial charge in [-0.3, -0.25) is 5.41 Å². The molecule has 1 heterocycles. The number of hydrogen-bond donors (Lipinski definition) is 2. The molecular formula is C10H15ClN4O3S. The molecule has 2 N–H and O–H groups in total. The second kappa shape index (κ2) is 6.76. The molecule has 7 nitrogen and oxygen atoms in total. The molecule has 0 atom stereocenters. The summed E-state index contributed by atoms with van der Waals surface area (Å²) in [5.41, 5.74) is -0.322. The number of carbonyl (C=O) groups is 1. The van der Waals surface area contributed by atoms with Crippen molar-refractivity contribution in [3.8, 4) is 0 Å². The third kappa shape index (κ3) is 5.93. The molecule has 0 aliphatic heterocycles. The predicted molar refractivity (Wildman–Crippen MR) is 71.9 cm³/mol. The van der Waals surface area contributed by atoms with Gasteiger partial charge in [0.2, 0.25) is 0 Å². The minimum Gasteiger partial charge on any atom is -0.444 e. The van der Waals surface area contributed by atoms with Gasteiger partial charge in [0, 0.05) is 12.3 Å². The molecule has 0 unspecified atom stereocenters. The zero-order valence-electron chi connectivity index (χ0n) is 10.8. The number of halogens is 1.